The maximum Gasteiger partial charge on any atom is 0.348 e. The van der Waals surface area contributed by atoms with E-state index in [2.05, 4.69) is 4.74 Å². The van der Waals surface area contributed by atoms with Gasteiger partial charge in [-0.15, -0.1) is 0 Å². The van der Waals surface area contributed by atoms with Gasteiger partial charge in [0.1, 0.15) is 17.4 Å². The van der Waals surface area contributed by atoms with Crippen LogP contribution in [0, 0.1) is 21.4 Å². The highest BCUT2D eigenvalue weighted by molar-refractivity contribution is 5.98. The van der Waals surface area contributed by atoms with E-state index in [1.807, 2.05) is 0 Å². The van der Waals surface area contributed by atoms with Crippen LogP contribution in [0.5, 0.6) is 5.75 Å². The van der Waals surface area contributed by atoms with Gasteiger partial charge in [-0.05, 0) is 35.9 Å². The van der Waals surface area contributed by atoms with Crippen molar-refractivity contribution in [3.8, 4) is 11.8 Å². The molecule has 130 valence electrons. The topological polar surface area (TPSA) is 120 Å². The number of carbonyl (C=O) groups is 2. The fourth-order valence-corrected chi connectivity index (χ4v) is 1.97. The molecule has 0 bridgehead atoms. The summed E-state index contributed by atoms with van der Waals surface area (Å²) in [5, 5.41) is 19.6. The number of carbonyl (C=O) groups excluding carboxylic acids is 2. The van der Waals surface area contributed by atoms with Gasteiger partial charge in [-0.3, -0.25) is 10.1 Å². The first kappa shape index (κ1) is 18.4. The molecule has 0 radical (unpaired) electrons. The van der Waals surface area contributed by atoms with Crippen molar-refractivity contribution in [3.63, 3.8) is 0 Å². The predicted molar refractivity (Wildman–Crippen MR) is 90.1 cm³/mol. The van der Waals surface area contributed by atoms with E-state index in [-0.39, 0.29) is 22.6 Å². The molecule has 0 aliphatic carbocycles. The number of hydrogen-bond donors (Lipinski definition) is 0. The van der Waals surface area contributed by atoms with Crippen LogP contribution in [0.4, 0.5) is 5.69 Å². The van der Waals surface area contributed by atoms with Gasteiger partial charge in [0.2, 0.25) is 0 Å². The number of nitriles is 1. The first-order valence-corrected chi connectivity index (χ1v) is 7.21. The SMILES string of the molecule is COC(=O)/C(C#N)=C/c1cccc(OC(=O)c2ccc([N+](=O)[O-])cc2)c1. The molecule has 0 N–H and O–H groups in total. The van der Waals surface area contributed by atoms with Crippen LogP contribution in [0.1, 0.15) is 15.9 Å². The molecule has 2 aromatic carbocycles. The molecule has 2 rings (SSSR count). The van der Waals surface area contributed by atoms with E-state index < -0.39 is 16.9 Å². The minimum atomic E-state index is -0.777. The highest BCUT2D eigenvalue weighted by atomic mass is 16.6. The number of non-ortho nitro benzene ring substituents is 1. The standard InChI is InChI=1S/C18H12N2O6/c1-25-17(21)14(11-19)9-12-3-2-4-16(10-12)26-18(22)13-5-7-15(8-6-13)20(23)24/h2-10H,1H3/b14-9+. The van der Waals surface area contributed by atoms with E-state index in [1.54, 1.807) is 18.2 Å². The summed E-state index contributed by atoms with van der Waals surface area (Å²) in [6.07, 6.45) is 1.30. The Kier molecular flexibility index (Phi) is 5.79. The van der Waals surface area contributed by atoms with Crippen LogP contribution < -0.4 is 4.74 Å². The third-order valence-corrected chi connectivity index (χ3v) is 3.22. The van der Waals surface area contributed by atoms with Crippen LogP contribution in [0.3, 0.4) is 0 Å². The van der Waals surface area contributed by atoms with E-state index in [0.29, 0.717) is 5.56 Å². The largest absolute Gasteiger partial charge is 0.465 e. The Morgan fingerprint density at radius 1 is 1.19 bits per heavy atom. The molecule has 0 saturated carbocycles. The summed E-state index contributed by atoms with van der Waals surface area (Å²) in [6, 6.07) is 12.9. The lowest BCUT2D eigenvalue weighted by Crippen LogP contribution is -2.08. The molecule has 0 aliphatic rings. The number of benzene rings is 2. The lowest BCUT2D eigenvalue weighted by atomic mass is 10.1. The van der Waals surface area contributed by atoms with Gasteiger partial charge in [0.05, 0.1) is 17.6 Å². The predicted octanol–water partition coefficient (Wildman–Crippen LogP) is 2.89. The Morgan fingerprint density at radius 2 is 1.88 bits per heavy atom. The molecule has 0 heterocycles. The van der Waals surface area contributed by atoms with Gasteiger partial charge >= 0.3 is 11.9 Å². The first-order chi connectivity index (χ1) is 12.4. The van der Waals surface area contributed by atoms with Crippen LogP contribution in [0.15, 0.2) is 54.1 Å². The smallest absolute Gasteiger partial charge is 0.348 e. The Hall–Kier alpha value is -3.99. The zero-order chi connectivity index (χ0) is 19.1. The maximum atomic E-state index is 12.1. The lowest BCUT2D eigenvalue weighted by Gasteiger charge is -2.05. The molecule has 0 atom stereocenters. The minimum Gasteiger partial charge on any atom is -0.465 e. The summed E-state index contributed by atoms with van der Waals surface area (Å²) in [4.78, 5) is 33.6. The van der Waals surface area contributed by atoms with Crippen molar-refractivity contribution in [3.05, 3.63) is 75.3 Å². The van der Waals surface area contributed by atoms with Crippen molar-refractivity contribution in [1.29, 1.82) is 5.26 Å². The van der Waals surface area contributed by atoms with Crippen molar-refractivity contribution in [2.24, 2.45) is 0 Å². The second kappa shape index (κ2) is 8.21. The quantitative estimate of drug-likeness (QED) is 0.203. The second-order valence-electron chi connectivity index (χ2n) is 4.93. The summed E-state index contributed by atoms with van der Waals surface area (Å²) in [7, 11) is 1.16. The Bertz CT molecular complexity index is 925. The van der Waals surface area contributed by atoms with Crippen molar-refractivity contribution < 1.29 is 24.0 Å². The Morgan fingerprint density at radius 3 is 2.46 bits per heavy atom. The molecule has 0 amide bonds. The van der Waals surface area contributed by atoms with Crippen LogP contribution in [0.25, 0.3) is 6.08 Å². The van der Waals surface area contributed by atoms with Gasteiger partial charge in [-0.1, -0.05) is 12.1 Å². The molecule has 0 fully saturated rings. The van der Waals surface area contributed by atoms with Crippen LogP contribution >= 0.6 is 0 Å². The average molecular weight is 352 g/mol. The number of nitro groups is 1. The maximum absolute atomic E-state index is 12.1. The van der Waals surface area contributed by atoms with Crippen molar-refractivity contribution in [1.82, 2.24) is 0 Å². The molecule has 0 spiro atoms. The van der Waals surface area contributed by atoms with Crippen molar-refractivity contribution >= 4 is 23.7 Å². The molecular formula is C18H12N2O6. The number of esters is 2. The third-order valence-electron chi connectivity index (χ3n) is 3.22. The minimum absolute atomic E-state index is 0.138. The summed E-state index contributed by atoms with van der Waals surface area (Å²) < 4.78 is 9.70. The van der Waals surface area contributed by atoms with Gasteiger partial charge < -0.3 is 9.47 Å². The van der Waals surface area contributed by atoms with E-state index in [1.165, 1.54) is 42.5 Å². The van der Waals surface area contributed by atoms with Crippen LogP contribution in [-0.2, 0) is 9.53 Å². The summed E-state index contributed by atoms with van der Waals surface area (Å²) in [6.45, 7) is 0. The van der Waals surface area contributed by atoms with E-state index in [4.69, 9.17) is 10.00 Å². The van der Waals surface area contributed by atoms with Crippen LogP contribution in [0.2, 0.25) is 0 Å². The zero-order valence-electron chi connectivity index (χ0n) is 13.5. The van der Waals surface area contributed by atoms with Gasteiger partial charge in [0, 0.05) is 12.1 Å². The molecule has 2 aromatic rings. The summed E-state index contributed by atoms with van der Waals surface area (Å²) >= 11 is 0. The second-order valence-corrected chi connectivity index (χ2v) is 4.93. The Balaban J connectivity index is 2.19. The molecule has 0 aliphatic heterocycles. The van der Waals surface area contributed by atoms with Gasteiger partial charge in [0.25, 0.3) is 5.69 Å². The highest BCUT2D eigenvalue weighted by Crippen LogP contribution is 2.19. The van der Waals surface area contributed by atoms with Crippen molar-refractivity contribution in [2.45, 2.75) is 0 Å². The molecule has 0 aromatic heterocycles. The first-order valence-electron chi connectivity index (χ1n) is 7.21. The zero-order valence-corrected chi connectivity index (χ0v) is 13.5. The van der Waals surface area contributed by atoms with Gasteiger partial charge in [0.15, 0.2) is 0 Å². The monoisotopic (exact) mass is 352 g/mol. The molecule has 0 unspecified atom stereocenters. The summed E-state index contributed by atoms with van der Waals surface area (Å²) in [5.41, 5.74) is 0.261. The Labute approximate surface area is 148 Å². The van der Waals surface area contributed by atoms with Crippen molar-refractivity contribution in [2.75, 3.05) is 7.11 Å². The molecule has 0 saturated heterocycles. The van der Waals surface area contributed by atoms with Gasteiger partial charge in [-0.25, -0.2) is 9.59 Å². The van der Waals surface area contributed by atoms with E-state index in [0.717, 1.165) is 7.11 Å². The third kappa shape index (κ3) is 4.52. The van der Waals surface area contributed by atoms with E-state index in [9.17, 15) is 19.7 Å². The number of nitrogens with zero attached hydrogens (tertiary/aromatic N) is 2. The van der Waals surface area contributed by atoms with Gasteiger partial charge in [-0.2, -0.15) is 5.26 Å². The molecule has 8 heteroatoms. The number of rotatable bonds is 5. The molecular weight excluding hydrogens is 340 g/mol. The summed E-state index contributed by atoms with van der Waals surface area (Å²) in [5.74, 6) is -1.29. The van der Waals surface area contributed by atoms with E-state index >= 15 is 0 Å². The normalized spacial score (nSPS) is 10.5. The average Bonchev–Trinajstić information content (AvgIpc) is 2.65. The number of ether oxygens (including phenoxy) is 2. The lowest BCUT2D eigenvalue weighted by molar-refractivity contribution is -0.384. The van der Waals surface area contributed by atoms with Crippen LogP contribution in [-0.4, -0.2) is 24.0 Å². The number of methoxy groups -OCH3 is 1. The fraction of sp³-hybridized carbons (Fsp3) is 0.0556. The number of nitro benzene ring substituents is 1. The fourth-order valence-electron chi connectivity index (χ4n) is 1.97. The highest BCUT2D eigenvalue weighted by Gasteiger charge is 2.12. The molecule has 26 heavy (non-hydrogen) atoms. The number of hydrogen-bond acceptors (Lipinski definition) is 7. The molecule has 8 nitrogen and oxygen atoms in total.